The van der Waals surface area contributed by atoms with Crippen molar-refractivity contribution in [2.75, 3.05) is 0 Å². The van der Waals surface area contributed by atoms with Crippen molar-refractivity contribution in [2.24, 2.45) is 0 Å². The molecule has 0 fully saturated rings. The van der Waals surface area contributed by atoms with Gasteiger partial charge in [-0.05, 0) is 30.7 Å². The number of nitrogens with one attached hydrogen (secondary N) is 1. The molecule has 3 rings (SSSR count). The van der Waals surface area contributed by atoms with Gasteiger partial charge < -0.3 is 5.32 Å². The largest absolute Gasteiger partial charge is 0.307 e. The van der Waals surface area contributed by atoms with E-state index in [0.717, 1.165) is 35.5 Å². The number of halogens is 1. The molecule has 17 heavy (non-hydrogen) atoms. The molecular weight excluding hydrogens is 217 g/mol. The van der Waals surface area contributed by atoms with E-state index in [1.54, 1.807) is 0 Å². The third-order valence-corrected chi connectivity index (χ3v) is 2.86. The van der Waals surface area contributed by atoms with E-state index < -0.39 is 0 Å². The molecule has 0 amide bonds. The van der Waals surface area contributed by atoms with Crippen LogP contribution in [0.15, 0.2) is 24.4 Å². The zero-order valence-corrected chi connectivity index (χ0v) is 9.50. The van der Waals surface area contributed by atoms with E-state index in [4.69, 9.17) is 0 Å². The van der Waals surface area contributed by atoms with Gasteiger partial charge >= 0.3 is 0 Å². The third-order valence-electron chi connectivity index (χ3n) is 2.86. The molecule has 0 atom stereocenters. The first-order valence-electron chi connectivity index (χ1n) is 5.55. The number of nitrogens with zero attached hydrogens (tertiary/aromatic N) is 2. The van der Waals surface area contributed by atoms with E-state index in [2.05, 4.69) is 15.3 Å². The van der Waals surface area contributed by atoms with Gasteiger partial charge in [0.05, 0.1) is 5.69 Å². The molecule has 3 nitrogen and oxygen atoms in total. The number of hydrogen-bond acceptors (Lipinski definition) is 3. The van der Waals surface area contributed by atoms with Crippen molar-refractivity contribution >= 4 is 0 Å². The predicted molar refractivity (Wildman–Crippen MR) is 62.7 cm³/mol. The van der Waals surface area contributed by atoms with Gasteiger partial charge in [0.2, 0.25) is 0 Å². The molecule has 1 aromatic carbocycles. The zero-order valence-electron chi connectivity index (χ0n) is 9.50. The van der Waals surface area contributed by atoms with Crippen molar-refractivity contribution in [3.63, 3.8) is 0 Å². The first kappa shape index (κ1) is 10.4. The monoisotopic (exact) mass is 229 g/mol. The molecule has 86 valence electrons. The van der Waals surface area contributed by atoms with Crippen LogP contribution in [0.4, 0.5) is 4.39 Å². The minimum atomic E-state index is -0.248. The second kappa shape index (κ2) is 3.89. The van der Waals surface area contributed by atoms with Gasteiger partial charge in [0.25, 0.3) is 0 Å². The van der Waals surface area contributed by atoms with Crippen molar-refractivity contribution in [1.82, 2.24) is 15.3 Å². The highest BCUT2D eigenvalue weighted by Crippen LogP contribution is 2.21. The molecule has 0 bridgehead atoms. The summed E-state index contributed by atoms with van der Waals surface area (Å²) in [7, 11) is 0. The van der Waals surface area contributed by atoms with E-state index in [1.165, 1.54) is 12.1 Å². The molecule has 1 aliphatic rings. The normalized spacial score (nSPS) is 13.8. The van der Waals surface area contributed by atoms with Crippen molar-refractivity contribution in [1.29, 1.82) is 0 Å². The van der Waals surface area contributed by atoms with Crippen molar-refractivity contribution in [3.8, 4) is 11.4 Å². The minimum Gasteiger partial charge on any atom is -0.307 e. The molecular formula is C13H12FN3. The lowest BCUT2D eigenvalue weighted by molar-refractivity contribution is 0.627. The Hall–Kier alpha value is -1.81. The van der Waals surface area contributed by atoms with Crippen LogP contribution in [-0.4, -0.2) is 9.97 Å². The first-order valence-corrected chi connectivity index (χ1v) is 5.55. The van der Waals surface area contributed by atoms with Gasteiger partial charge in [-0.15, -0.1) is 0 Å². The quantitative estimate of drug-likeness (QED) is 0.814. The molecule has 0 saturated carbocycles. The Morgan fingerprint density at radius 2 is 2.12 bits per heavy atom. The molecule has 2 heterocycles. The average molecular weight is 229 g/mol. The van der Waals surface area contributed by atoms with Crippen LogP contribution in [0.3, 0.4) is 0 Å². The van der Waals surface area contributed by atoms with E-state index in [1.807, 2.05) is 19.2 Å². The summed E-state index contributed by atoms with van der Waals surface area (Å²) >= 11 is 0. The molecule has 1 aliphatic heterocycles. The van der Waals surface area contributed by atoms with Crippen molar-refractivity contribution in [3.05, 3.63) is 47.0 Å². The Bertz CT molecular complexity index is 561. The van der Waals surface area contributed by atoms with E-state index >= 15 is 0 Å². The molecule has 1 aromatic heterocycles. The highest BCUT2D eigenvalue weighted by Gasteiger charge is 2.13. The fourth-order valence-electron chi connectivity index (χ4n) is 2.06. The van der Waals surface area contributed by atoms with Crippen molar-refractivity contribution < 1.29 is 4.39 Å². The summed E-state index contributed by atoms with van der Waals surface area (Å²) in [5.74, 6) is 0.345. The second-order valence-electron chi connectivity index (χ2n) is 4.29. The first-order chi connectivity index (χ1) is 8.22. The maximum atomic E-state index is 13.3. The molecule has 0 unspecified atom stereocenters. The summed E-state index contributed by atoms with van der Waals surface area (Å²) in [5.41, 5.74) is 3.75. The van der Waals surface area contributed by atoms with Gasteiger partial charge in [0.15, 0.2) is 5.82 Å². The number of rotatable bonds is 1. The van der Waals surface area contributed by atoms with Crippen LogP contribution in [0.1, 0.15) is 16.8 Å². The molecule has 2 aromatic rings. The Kier molecular flexibility index (Phi) is 2.37. The van der Waals surface area contributed by atoms with Crippen LogP contribution >= 0.6 is 0 Å². The molecule has 0 saturated heterocycles. The van der Waals surface area contributed by atoms with Crippen LogP contribution in [-0.2, 0) is 13.1 Å². The van der Waals surface area contributed by atoms with Gasteiger partial charge in [0, 0.05) is 30.4 Å². The van der Waals surface area contributed by atoms with Crippen molar-refractivity contribution in [2.45, 2.75) is 20.0 Å². The summed E-state index contributed by atoms with van der Waals surface area (Å²) in [6.45, 7) is 3.44. The van der Waals surface area contributed by atoms with Crippen LogP contribution < -0.4 is 5.32 Å². The Labute approximate surface area is 98.7 Å². The second-order valence-corrected chi connectivity index (χ2v) is 4.29. The average Bonchev–Trinajstić information content (AvgIpc) is 2.74. The standard InChI is InChI=1S/C13H12FN3/c1-8-2-9(4-11(14)3-8)13-16-6-10-5-15-7-12(10)17-13/h2-4,6,15H,5,7H2,1H3. The Balaban J connectivity index is 2.09. The summed E-state index contributed by atoms with van der Waals surface area (Å²) < 4.78 is 13.3. The predicted octanol–water partition coefficient (Wildman–Crippen LogP) is 2.19. The topological polar surface area (TPSA) is 37.8 Å². The number of fused-ring (bicyclic) bond motifs is 1. The summed E-state index contributed by atoms with van der Waals surface area (Å²) in [6.07, 6.45) is 1.82. The number of hydrogen-bond donors (Lipinski definition) is 1. The molecule has 0 aliphatic carbocycles. The third kappa shape index (κ3) is 1.91. The molecule has 4 heteroatoms. The SMILES string of the molecule is Cc1cc(F)cc(-c2ncc3c(n2)CNC3)c1. The highest BCUT2D eigenvalue weighted by molar-refractivity contribution is 5.56. The minimum absolute atomic E-state index is 0.248. The molecule has 0 radical (unpaired) electrons. The summed E-state index contributed by atoms with van der Waals surface area (Å²) in [6, 6.07) is 4.86. The van der Waals surface area contributed by atoms with Gasteiger partial charge in [-0.1, -0.05) is 0 Å². The summed E-state index contributed by atoms with van der Waals surface area (Å²) in [4.78, 5) is 8.75. The van der Waals surface area contributed by atoms with E-state index in [9.17, 15) is 4.39 Å². The van der Waals surface area contributed by atoms with E-state index in [0.29, 0.717) is 5.82 Å². The smallest absolute Gasteiger partial charge is 0.159 e. The number of aryl methyl sites for hydroxylation is 1. The van der Waals surface area contributed by atoms with Gasteiger partial charge in [-0.3, -0.25) is 0 Å². The summed E-state index contributed by atoms with van der Waals surface area (Å²) in [5, 5.41) is 3.21. The number of benzene rings is 1. The van der Waals surface area contributed by atoms with Gasteiger partial charge in [-0.2, -0.15) is 0 Å². The maximum Gasteiger partial charge on any atom is 0.159 e. The fourth-order valence-corrected chi connectivity index (χ4v) is 2.06. The lowest BCUT2D eigenvalue weighted by atomic mass is 10.1. The van der Waals surface area contributed by atoms with Crippen LogP contribution in [0, 0.1) is 12.7 Å². The Morgan fingerprint density at radius 3 is 2.94 bits per heavy atom. The molecule has 1 N–H and O–H groups in total. The fraction of sp³-hybridized carbons (Fsp3) is 0.231. The van der Waals surface area contributed by atoms with Crippen LogP contribution in [0.5, 0.6) is 0 Å². The number of aromatic nitrogens is 2. The maximum absolute atomic E-state index is 13.3. The van der Waals surface area contributed by atoms with Gasteiger partial charge in [-0.25, -0.2) is 14.4 Å². The lowest BCUT2D eigenvalue weighted by Gasteiger charge is -2.04. The van der Waals surface area contributed by atoms with Crippen LogP contribution in [0.25, 0.3) is 11.4 Å². The van der Waals surface area contributed by atoms with Crippen LogP contribution in [0.2, 0.25) is 0 Å². The van der Waals surface area contributed by atoms with Gasteiger partial charge in [0.1, 0.15) is 5.82 Å². The highest BCUT2D eigenvalue weighted by atomic mass is 19.1. The lowest BCUT2D eigenvalue weighted by Crippen LogP contribution is -2.00. The van der Waals surface area contributed by atoms with E-state index in [-0.39, 0.29) is 5.82 Å². The molecule has 0 spiro atoms. The Morgan fingerprint density at radius 1 is 1.24 bits per heavy atom. The zero-order chi connectivity index (χ0) is 11.8.